The minimum atomic E-state index is -0.645. The van der Waals surface area contributed by atoms with Gasteiger partial charge in [-0.05, 0) is 180 Å². The molecular formula is C104H126F5N21O10. The Labute approximate surface area is 814 Å². The number of hydrogen-bond donors (Lipinski definition) is 4. The number of piperazine rings is 1. The number of hydroxylamine groups is 3. The number of aryl methyl sites for hydroxylation is 1. The first-order chi connectivity index (χ1) is 67.9. The maximum atomic E-state index is 14.2. The third-order valence-corrected chi connectivity index (χ3v) is 28.5. The van der Waals surface area contributed by atoms with Crippen LogP contribution in [-0.4, -0.2) is 262 Å². The van der Waals surface area contributed by atoms with Crippen LogP contribution in [0.3, 0.4) is 0 Å². The number of ether oxygens (including phenoxy) is 4. The molecule has 2 bridgehead atoms. The lowest BCUT2D eigenvalue weighted by molar-refractivity contribution is -0.114. The van der Waals surface area contributed by atoms with Crippen LogP contribution in [0, 0.1) is 36.0 Å². The number of methoxy groups -OCH3 is 3. The number of morpholine rings is 1. The fourth-order valence-corrected chi connectivity index (χ4v) is 21.3. The second kappa shape index (κ2) is 45.4. The molecule has 10 aliphatic rings. The third kappa shape index (κ3) is 23.5. The van der Waals surface area contributed by atoms with Crippen molar-refractivity contribution >= 4 is 86.5 Å². The molecule has 13 heterocycles. The molecule has 10 aliphatic heterocycles. The van der Waals surface area contributed by atoms with Crippen LogP contribution >= 0.6 is 0 Å². The normalized spacial score (nSPS) is 21.1. The molecule has 19 rings (SSSR count). The largest absolute Gasteiger partial charge is 0.496 e. The number of likely N-dealkylation sites (N-methyl/N-ethyl adjacent to an activating group) is 2. The number of fused-ring (bicyclic) bond motifs is 2. The number of allylic oxidation sites excluding steroid dienone is 1. The average molecular weight is 1930 g/mol. The summed E-state index contributed by atoms with van der Waals surface area (Å²) in [7, 11) is 9.21. The smallest absolute Gasteiger partial charge is 0.247 e. The minimum absolute atomic E-state index is 0.0682. The van der Waals surface area contributed by atoms with Crippen LogP contribution in [0.5, 0.6) is 17.2 Å². The minimum Gasteiger partial charge on any atom is -0.496 e. The number of likely N-dealkylation sites (tertiary alicyclic amines) is 2. The van der Waals surface area contributed by atoms with Crippen LogP contribution in [0.4, 0.5) is 90.9 Å². The van der Waals surface area contributed by atoms with E-state index in [-0.39, 0.29) is 35.9 Å². The molecule has 742 valence electrons. The van der Waals surface area contributed by atoms with E-state index in [0.29, 0.717) is 168 Å². The molecule has 0 radical (unpaired) electrons. The van der Waals surface area contributed by atoms with Crippen LogP contribution in [0.2, 0.25) is 0 Å². The van der Waals surface area contributed by atoms with Crippen molar-refractivity contribution in [3.05, 3.63) is 234 Å². The Morgan fingerprint density at radius 2 is 0.914 bits per heavy atom. The van der Waals surface area contributed by atoms with Crippen molar-refractivity contribution in [3.63, 3.8) is 0 Å². The van der Waals surface area contributed by atoms with Crippen molar-refractivity contribution in [1.82, 2.24) is 54.4 Å². The van der Waals surface area contributed by atoms with Crippen molar-refractivity contribution < 1.29 is 69.8 Å². The third-order valence-electron chi connectivity index (χ3n) is 28.5. The molecule has 9 aromatic rings. The Morgan fingerprint density at radius 3 is 1.39 bits per heavy atom. The Bertz CT molecular complexity index is 5840. The van der Waals surface area contributed by atoms with Crippen molar-refractivity contribution in [2.75, 3.05) is 205 Å². The molecule has 0 spiro atoms. The molecule has 0 unspecified atom stereocenters. The van der Waals surface area contributed by atoms with E-state index in [2.05, 4.69) is 131 Å². The number of rotatable bonds is 30. The number of nitrogens with zero attached hydrogens (tertiary/aromatic N) is 17. The van der Waals surface area contributed by atoms with E-state index < -0.39 is 35.4 Å². The number of amides is 2. The Morgan fingerprint density at radius 1 is 0.457 bits per heavy atom. The molecule has 10 fully saturated rings. The molecule has 0 aliphatic carbocycles. The average Bonchev–Trinajstić information content (AvgIpc) is 1.40. The van der Waals surface area contributed by atoms with Gasteiger partial charge in [-0.1, -0.05) is 32.7 Å². The molecule has 0 saturated carbocycles. The first-order valence-electron chi connectivity index (χ1n) is 48.5. The maximum absolute atomic E-state index is 14.2. The summed E-state index contributed by atoms with van der Waals surface area (Å²) < 4.78 is 93.6. The predicted octanol–water partition coefficient (Wildman–Crippen LogP) is 15.4. The zero-order valence-corrected chi connectivity index (χ0v) is 80.7. The van der Waals surface area contributed by atoms with Gasteiger partial charge in [-0.3, -0.25) is 43.6 Å². The van der Waals surface area contributed by atoms with Gasteiger partial charge in [0.05, 0.1) is 112 Å². The first-order valence-corrected chi connectivity index (χ1v) is 48.5. The summed E-state index contributed by atoms with van der Waals surface area (Å²) in [5, 5.41) is 17.6. The lowest BCUT2D eigenvalue weighted by Gasteiger charge is -2.43. The van der Waals surface area contributed by atoms with Crippen LogP contribution < -0.4 is 65.4 Å². The number of carbonyl (C=O) groups is 3. The van der Waals surface area contributed by atoms with Crippen molar-refractivity contribution in [2.24, 2.45) is 0 Å². The van der Waals surface area contributed by atoms with Crippen LogP contribution in [0.15, 0.2) is 166 Å². The van der Waals surface area contributed by atoms with Gasteiger partial charge in [-0.25, -0.2) is 67.0 Å². The summed E-state index contributed by atoms with van der Waals surface area (Å²) in [6.07, 6.45) is 19.6. The SMILES string of the molecule is C=CC(=O)Cc1cc(Nc2cc(N3OCC[C@@H]3c3cc(F)cc(F)c3)ncn2)c(OC)cc1N1CCC(N2CCN(CC)CC2)CC1.C=CC(=O)Nc1cc(Cc2cc(N3OCC[C@@H]3c3cc(F)cc(F)c3)ncn2)c(OC)cc1N1CCC(N2C[C@H]3C[C@@H]2CO3)CC1.C=CC(=O)Nc1cc(Nc2cc(N3OCC[C@@H]3c3cc(C)cc(F)c3)ncn2)c(OC)cc1N1CCC(N2CC[C@@H](N(C)C)C2)CC1. The van der Waals surface area contributed by atoms with Gasteiger partial charge in [-0.15, -0.1) is 0 Å². The molecule has 6 aromatic carbocycles. The van der Waals surface area contributed by atoms with Gasteiger partial charge in [0.25, 0.3) is 0 Å². The predicted molar refractivity (Wildman–Crippen MR) is 530 cm³/mol. The van der Waals surface area contributed by atoms with E-state index in [9.17, 15) is 36.3 Å². The van der Waals surface area contributed by atoms with Crippen molar-refractivity contribution in [2.45, 2.75) is 152 Å². The lowest BCUT2D eigenvalue weighted by Crippen LogP contribution is -2.53. The number of hydrogen-bond acceptors (Lipinski definition) is 29. The van der Waals surface area contributed by atoms with Crippen molar-refractivity contribution in [3.8, 4) is 17.2 Å². The summed E-state index contributed by atoms with van der Waals surface area (Å²) in [6, 6.07) is 30.8. The second-order valence-corrected chi connectivity index (χ2v) is 37.4. The molecule has 4 N–H and O–H groups in total. The number of ketones is 1. The van der Waals surface area contributed by atoms with Gasteiger partial charge in [0.15, 0.2) is 23.2 Å². The number of carbonyl (C=O) groups excluding carboxylic acids is 3. The molecule has 10 saturated heterocycles. The first kappa shape index (κ1) is 99.1. The van der Waals surface area contributed by atoms with Gasteiger partial charge in [0.2, 0.25) is 11.8 Å². The van der Waals surface area contributed by atoms with Gasteiger partial charge in [-0.2, -0.15) is 0 Å². The quantitative estimate of drug-likeness (QED) is 0.0240. The Kier molecular flexibility index (Phi) is 32.1. The second-order valence-electron chi connectivity index (χ2n) is 37.4. The highest BCUT2D eigenvalue weighted by molar-refractivity contribution is 6.03. The van der Waals surface area contributed by atoms with Gasteiger partial charge in [0, 0.05) is 207 Å². The van der Waals surface area contributed by atoms with Crippen LogP contribution in [-0.2, 0) is 46.5 Å². The monoisotopic (exact) mass is 1920 g/mol. The van der Waals surface area contributed by atoms with Gasteiger partial charge < -0.3 is 64.7 Å². The number of benzene rings is 6. The van der Waals surface area contributed by atoms with Crippen molar-refractivity contribution in [1.29, 1.82) is 0 Å². The standard InChI is InChI=1S/C35H43F2N7O3.C35H45FN8O3.C34H38F2N6O4/c1-4-29(45)18-25-19-30(33(46-3)21-32(25)43-9-6-28(7-10-43)42-13-11-41(5-2)12-14-42)40-34-22-35(39-23-38-34)44-31(8-15-47-44)24-16-26(36)20-27(37)17-24;1-6-35(45)40-28-18-29(32(46-5)19-31(28)42-11-7-26(8-12-42)43-13-9-27(21-43)41(3)4)39-33-20-34(38-22-37-33)44-30(10-14-47-44)24-15-23(2)16-25(36)17-24;1-3-34(43)39-29-13-22(32(44-2)17-31(29)40-7-4-26(5-8-40)41-18-28-16-27(41)19-45-28)12-25-15-33(38-20-37-25)42-30(6-9-46-42)21-10-23(35)14-24(36)11-21/h4,16-17,19-23,28,31H,1,5-15,18H2,2-3H3,(H,38,39,40);6,15-20,22,26-27,30H,1,7-14,21H2,2-5H3,(H,40,45)(H,37,38,39);3,10-11,13-15,17,20,26-28,30H,1,4-9,12,16,18-19H2,2H3,(H,39,43)/t31-;27-,30-;27-,28-,30-/m111/s1. The van der Waals surface area contributed by atoms with E-state index in [1.165, 1.54) is 74.0 Å². The molecule has 2 amide bonds. The summed E-state index contributed by atoms with van der Waals surface area (Å²) in [6.45, 7) is 31.3. The van der Waals surface area contributed by atoms with E-state index in [1.54, 1.807) is 60.8 Å². The van der Waals surface area contributed by atoms with Crippen LogP contribution in [0.1, 0.15) is 135 Å². The van der Waals surface area contributed by atoms with E-state index >= 15 is 0 Å². The molecule has 140 heavy (non-hydrogen) atoms. The van der Waals surface area contributed by atoms with E-state index in [4.69, 9.17) is 33.5 Å². The molecule has 36 heteroatoms. The maximum Gasteiger partial charge on any atom is 0.247 e. The number of nitrogens with one attached hydrogen (secondary N) is 4. The van der Waals surface area contributed by atoms with Gasteiger partial charge >= 0.3 is 0 Å². The summed E-state index contributed by atoms with van der Waals surface area (Å²) >= 11 is 0. The fraction of sp³-hybridized carbons (Fsp3) is 0.452. The zero-order chi connectivity index (χ0) is 97.8. The summed E-state index contributed by atoms with van der Waals surface area (Å²) in [5.74, 6) is 0.817. The van der Waals surface area contributed by atoms with Gasteiger partial charge in [0.1, 0.15) is 77.0 Å². The molecule has 31 nitrogen and oxygen atoms in total. The summed E-state index contributed by atoms with van der Waals surface area (Å²) in [4.78, 5) is 102. The highest BCUT2D eigenvalue weighted by Gasteiger charge is 2.44. The highest BCUT2D eigenvalue weighted by atomic mass is 19.1. The van der Waals surface area contributed by atoms with E-state index in [0.717, 1.165) is 195 Å². The fourth-order valence-electron chi connectivity index (χ4n) is 21.3. The Hall–Kier alpha value is -12.5. The number of aromatic nitrogens is 6. The van der Waals surface area contributed by atoms with Crippen LogP contribution in [0.25, 0.3) is 0 Å². The highest BCUT2D eigenvalue weighted by Crippen LogP contribution is 2.46. The molecule has 3 aromatic heterocycles. The number of halogens is 5. The Balaban J connectivity index is 0.000000145. The zero-order valence-electron chi connectivity index (χ0n) is 80.7. The number of anilines is 12. The number of piperidine rings is 3. The molecule has 6 atom stereocenters. The topological polar surface area (TPSA) is 277 Å². The van der Waals surface area contributed by atoms with E-state index in [1.807, 2.05) is 49.4 Å². The lowest BCUT2D eigenvalue weighted by atomic mass is 9.98. The molecular weight excluding hydrogens is 1800 g/mol. The summed E-state index contributed by atoms with van der Waals surface area (Å²) in [5.41, 5.74) is 10.4.